The van der Waals surface area contributed by atoms with E-state index < -0.39 is 0 Å². The molecular formula is C29H19N. The summed E-state index contributed by atoms with van der Waals surface area (Å²) in [5.74, 6) is 0. The molecule has 1 spiro atoms. The van der Waals surface area contributed by atoms with Crippen LogP contribution >= 0.6 is 0 Å². The largest absolute Gasteiger partial charge is 0.399 e. The average Bonchev–Trinajstić information content (AvgIpc) is 3.26. The van der Waals surface area contributed by atoms with E-state index in [2.05, 4.69) is 97.1 Å². The molecule has 0 fully saturated rings. The van der Waals surface area contributed by atoms with Gasteiger partial charge in [-0.1, -0.05) is 91.0 Å². The molecule has 1 unspecified atom stereocenters. The van der Waals surface area contributed by atoms with Gasteiger partial charge in [-0.05, 0) is 67.4 Å². The van der Waals surface area contributed by atoms with E-state index >= 15 is 0 Å². The third-order valence-corrected chi connectivity index (χ3v) is 7.00. The average molecular weight is 381 g/mol. The van der Waals surface area contributed by atoms with Gasteiger partial charge in [0.15, 0.2) is 0 Å². The number of hydrogen-bond acceptors (Lipinski definition) is 1. The maximum absolute atomic E-state index is 6.35. The minimum Gasteiger partial charge on any atom is -0.399 e. The number of hydrogen-bond donors (Lipinski definition) is 1. The van der Waals surface area contributed by atoms with Crippen LogP contribution in [0.3, 0.4) is 0 Å². The van der Waals surface area contributed by atoms with Crippen molar-refractivity contribution in [1.82, 2.24) is 0 Å². The lowest BCUT2D eigenvalue weighted by molar-refractivity contribution is 0.795. The predicted octanol–water partition coefficient (Wildman–Crippen LogP) is 6.77. The lowest BCUT2D eigenvalue weighted by atomic mass is 9.70. The van der Waals surface area contributed by atoms with Crippen molar-refractivity contribution in [1.29, 1.82) is 0 Å². The van der Waals surface area contributed by atoms with E-state index in [9.17, 15) is 0 Å². The van der Waals surface area contributed by atoms with Crippen LogP contribution in [0.25, 0.3) is 33.0 Å². The molecule has 1 heteroatoms. The predicted molar refractivity (Wildman–Crippen MR) is 125 cm³/mol. The first-order valence-corrected chi connectivity index (χ1v) is 10.4. The van der Waals surface area contributed by atoms with Crippen LogP contribution in [0.1, 0.15) is 22.3 Å². The van der Waals surface area contributed by atoms with Gasteiger partial charge in [0.05, 0.1) is 5.41 Å². The van der Waals surface area contributed by atoms with E-state index in [0.717, 1.165) is 5.69 Å². The van der Waals surface area contributed by atoms with Crippen LogP contribution in [0.4, 0.5) is 5.69 Å². The summed E-state index contributed by atoms with van der Waals surface area (Å²) in [4.78, 5) is 0. The molecule has 0 heterocycles. The van der Waals surface area contributed by atoms with Gasteiger partial charge in [-0.25, -0.2) is 0 Å². The highest BCUT2D eigenvalue weighted by molar-refractivity contribution is 6.06. The quantitative estimate of drug-likeness (QED) is 0.288. The number of rotatable bonds is 0. The van der Waals surface area contributed by atoms with Gasteiger partial charge in [0.1, 0.15) is 0 Å². The van der Waals surface area contributed by atoms with E-state index in [1.165, 1.54) is 55.3 Å². The normalized spacial score (nSPS) is 17.6. The van der Waals surface area contributed by atoms with Crippen LogP contribution < -0.4 is 5.73 Å². The zero-order valence-electron chi connectivity index (χ0n) is 16.4. The lowest BCUT2D eigenvalue weighted by Gasteiger charge is -2.30. The van der Waals surface area contributed by atoms with Crippen molar-refractivity contribution in [3.63, 3.8) is 0 Å². The molecule has 0 amide bonds. The fraction of sp³-hybridized carbons (Fsp3) is 0.0345. The van der Waals surface area contributed by atoms with Crippen LogP contribution in [0, 0.1) is 0 Å². The van der Waals surface area contributed by atoms with Gasteiger partial charge in [0.2, 0.25) is 0 Å². The first-order valence-electron chi connectivity index (χ1n) is 10.4. The molecule has 2 N–H and O–H groups in total. The maximum Gasteiger partial charge on any atom is 0.0726 e. The number of fused-ring (bicyclic) bond motifs is 12. The van der Waals surface area contributed by atoms with Gasteiger partial charge in [0.25, 0.3) is 0 Å². The highest BCUT2D eigenvalue weighted by Gasteiger charge is 2.51. The summed E-state index contributed by atoms with van der Waals surface area (Å²) >= 11 is 0. The number of nitrogens with two attached hydrogens (primary N) is 1. The Hall–Kier alpha value is -3.84. The van der Waals surface area contributed by atoms with Crippen LogP contribution in [0.5, 0.6) is 0 Å². The van der Waals surface area contributed by atoms with Crippen LogP contribution in [-0.2, 0) is 5.41 Å². The molecule has 0 radical (unpaired) electrons. The molecule has 5 aromatic carbocycles. The second-order valence-electron chi connectivity index (χ2n) is 8.36. The molecule has 0 saturated carbocycles. The summed E-state index contributed by atoms with van der Waals surface area (Å²) in [6.45, 7) is 0. The molecule has 140 valence electrons. The summed E-state index contributed by atoms with van der Waals surface area (Å²) in [6.07, 6.45) is 0. The second kappa shape index (κ2) is 5.40. The fourth-order valence-corrected chi connectivity index (χ4v) is 5.92. The number of benzene rings is 5. The Morgan fingerprint density at radius 2 is 1.17 bits per heavy atom. The van der Waals surface area contributed by atoms with Crippen LogP contribution in [-0.4, -0.2) is 0 Å². The maximum atomic E-state index is 6.35. The highest BCUT2D eigenvalue weighted by atomic mass is 14.6. The number of nitrogen functional groups attached to an aromatic ring is 1. The van der Waals surface area contributed by atoms with Gasteiger partial charge in [-0.15, -0.1) is 0 Å². The molecule has 0 saturated heterocycles. The molecular weight excluding hydrogens is 362 g/mol. The van der Waals surface area contributed by atoms with Gasteiger partial charge >= 0.3 is 0 Å². The van der Waals surface area contributed by atoms with Crippen LogP contribution in [0.2, 0.25) is 0 Å². The van der Waals surface area contributed by atoms with Crippen molar-refractivity contribution in [2.75, 3.05) is 5.73 Å². The summed E-state index contributed by atoms with van der Waals surface area (Å²) in [6, 6.07) is 37.5. The third kappa shape index (κ3) is 1.71. The molecule has 0 aromatic heterocycles. The number of anilines is 1. The van der Waals surface area contributed by atoms with E-state index in [1.54, 1.807) is 0 Å². The molecule has 0 bridgehead atoms. The van der Waals surface area contributed by atoms with Crippen molar-refractivity contribution in [3.05, 3.63) is 125 Å². The van der Waals surface area contributed by atoms with E-state index in [-0.39, 0.29) is 5.41 Å². The summed E-state index contributed by atoms with van der Waals surface area (Å²) in [7, 11) is 0. The molecule has 2 aliphatic rings. The summed E-state index contributed by atoms with van der Waals surface area (Å²) < 4.78 is 0. The molecule has 0 aliphatic heterocycles. The summed E-state index contributed by atoms with van der Waals surface area (Å²) in [5, 5.41) is 2.59. The molecule has 1 atom stereocenters. The van der Waals surface area contributed by atoms with E-state index in [4.69, 9.17) is 5.73 Å². The highest BCUT2D eigenvalue weighted by Crippen LogP contribution is 2.63. The Bertz CT molecular complexity index is 1510. The smallest absolute Gasteiger partial charge is 0.0726 e. The molecule has 2 aliphatic carbocycles. The van der Waals surface area contributed by atoms with Gasteiger partial charge in [0, 0.05) is 5.69 Å². The monoisotopic (exact) mass is 381 g/mol. The first kappa shape index (κ1) is 16.0. The summed E-state index contributed by atoms with van der Waals surface area (Å²) in [5.41, 5.74) is 17.5. The zero-order chi connectivity index (χ0) is 19.9. The minimum absolute atomic E-state index is 0.322. The lowest BCUT2D eigenvalue weighted by Crippen LogP contribution is -2.25. The first-order chi connectivity index (χ1) is 14.8. The van der Waals surface area contributed by atoms with Gasteiger partial charge in [-0.3, -0.25) is 0 Å². The van der Waals surface area contributed by atoms with Crippen molar-refractivity contribution < 1.29 is 0 Å². The van der Waals surface area contributed by atoms with Crippen LogP contribution in [0.15, 0.2) is 103 Å². The molecule has 1 nitrogen and oxygen atoms in total. The zero-order valence-corrected chi connectivity index (χ0v) is 16.4. The Morgan fingerprint density at radius 1 is 0.500 bits per heavy atom. The van der Waals surface area contributed by atoms with Gasteiger partial charge < -0.3 is 5.73 Å². The molecule has 5 aromatic rings. The Balaban J connectivity index is 1.75. The Morgan fingerprint density at radius 3 is 2.03 bits per heavy atom. The Kier molecular flexibility index (Phi) is 2.88. The Labute approximate surface area is 175 Å². The van der Waals surface area contributed by atoms with Gasteiger partial charge in [-0.2, -0.15) is 0 Å². The fourth-order valence-electron chi connectivity index (χ4n) is 5.92. The van der Waals surface area contributed by atoms with E-state index in [1.807, 2.05) is 6.07 Å². The second-order valence-corrected chi connectivity index (χ2v) is 8.36. The van der Waals surface area contributed by atoms with Crippen molar-refractivity contribution >= 4 is 16.5 Å². The minimum atomic E-state index is -0.322. The standard InChI is InChI=1S/C29H19N/c30-19-14-15-22-21-9-3-5-11-24(21)29(27(22)17-19)25-12-6-4-10-23(25)28-20-8-2-1-7-18(20)13-16-26(28)29/h1-17H,30H2. The SMILES string of the molecule is Nc1ccc2c(c1)C1(c3ccccc3-2)c2ccccc2-c2c1ccc1ccccc21. The van der Waals surface area contributed by atoms with Crippen molar-refractivity contribution in [2.24, 2.45) is 0 Å². The van der Waals surface area contributed by atoms with Crippen molar-refractivity contribution in [2.45, 2.75) is 5.41 Å². The van der Waals surface area contributed by atoms with E-state index in [0.29, 0.717) is 0 Å². The molecule has 30 heavy (non-hydrogen) atoms. The third-order valence-electron chi connectivity index (χ3n) is 7.00. The van der Waals surface area contributed by atoms with Crippen molar-refractivity contribution in [3.8, 4) is 22.3 Å². The molecule has 7 rings (SSSR count). The topological polar surface area (TPSA) is 26.0 Å².